The molecular formula is C32H25BrN2. The van der Waals surface area contributed by atoms with Crippen LogP contribution in [0.25, 0.3) is 22.3 Å². The maximum atomic E-state index is 4.91. The van der Waals surface area contributed by atoms with E-state index in [4.69, 9.17) is 4.98 Å². The minimum absolute atomic E-state index is 0.159. The molecule has 3 heteroatoms. The van der Waals surface area contributed by atoms with Crippen LogP contribution < -0.4 is 4.90 Å². The highest BCUT2D eigenvalue weighted by Gasteiger charge is 2.29. The van der Waals surface area contributed by atoms with E-state index in [2.05, 4.69) is 144 Å². The lowest BCUT2D eigenvalue weighted by Gasteiger charge is -2.30. The van der Waals surface area contributed by atoms with Gasteiger partial charge in [-0.25, -0.2) is 4.98 Å². The number of rotatable bonds is 3. The van der Waals surface area contributed by atoms with E-state index in [1.54, 1.807) is 0 Å². The van der Waals surface area contributed by atoms with Crippen LogP contribution in [0.2, 0.25) is 0 Å². The number of anilines is 3. The first-order chi connectivity index (χ1) is 17.0. The summed E-state index contributed by atoms with van der Waals surface area (Å²) in [6, 6.07) is 38.9. The third-order valence-corrected chi connectivity index (χ3v) is 7.54. The minimum atomic E-state index is -0.159. The third-order valence-electron chi connectivity index (χ3n) is 7.04. The lowest BCUT2D eigenvalue weighted by Crippen LogP contribution is -2.20. The van der Waals surface area contributed by atoms with E-state index in [0.717, 1.165) is 21.7 Å². The standard InChI is InChI=1S/C32H25BrN2/c1-32(2,22-10-4-3-5-11-22)23-18-19-34-31(20-23)35-29-15-9-8-14-27(29)25-12-6-7-13-26(25)28-17-16-24(33)21-30(28)35/h3-21H,1-2H3. The molecule has 4 aromatic carbocycles. The number of pyridine rings is 1. The molecule has 6 rings (SSSR count). The summed E-state index contributed by atoms with van der Waals surface area (Å²) in [5.74, 6) is 0.908. The van der Waals surface area contributed by atoms with Crippen LogP contribution >= 0.6 is 15.9 Å². The molecule has 2 heterocycles. The van der Waals surface area contributed by atoms with Crippen molar-refractivity contribution in [1.29, 1.82) is 0 Å². The fraction of sp³-hybridized carbons (Fsp3) is 0.0938. The van der Waals surface area contributed by atoms with Crippen molar-refractivity contribution in [3.63, 3.8) is 0 Å². The first kappa shape index (κ1) is 21.8. The Hall–Kier alpha value is -3.69. The van der Waals surface area contributed by atoms with Gasteiger partial charge in [0.1, 0.15) is 5.82 Å². The summed E-state index contributed by atoms with van der Waals surface area (Å²) in [6.07, 6.45) is 1.94. The molecule has 0 aliphatic carbocycles. The average Bonchev–Trinajstić information content (AvgIpc) is 3.02. The summed E-state index contributed by atoms with van der Waals surface area (Å²) in [5.41, 5.74) is 9.43. The van der Waals surface area contributed by atoms with Gasteiger partial charge in [0.2, 0.25) is 0 Å². The highest BCUT2D eigenvalue weighted by Crippen LogP contribution is 2.51. The van der Waals surface area contributed by atoms with Crippen LogP contribution in [0.3, 0.4) is 0 Å². The lowest BCUT2D eigenvalue weighted by molar-refractivity contribution is 0.640. The number of hydrogen-bond donors (Lipinski definition) is 0. The smallest absolute Gasteiger partial charge is 0.137 e. The molecule has 1 aromatic heterocycles. The largest absolute Gasteiger partial charge is 0.294 e. The number of benzene rings is 4. The van der Waals surface area contributed by atoms with Gasteiger partial charge in [-0.15, -0.1) is 0 Å². The number of fused-ring (bicyclic) bond motifs is 5. The summed E-state index contributed by atoms with van der Waals surface area (Å²) in [4.78, 5) is 7.22. The summed E-state index contributed by atoms with van der Waals surface area (Å²) in [6.45, 7) is 4.55. The fourth-order valence-corrected chi connectivity index (χ4v) is 5.44. The number of nitrogens with zero attached hydrogens (tertiary/aromatic N) is 2. The van der Waals surface area contributed by atoms with E-state index >= 15 is 0 Å². The van der Waals surface area contributed by atoms with Crippen LogP contribution in [0.4, 0.5) is 17.2 Å². The lowest BCUT2D eigenvalue weighted by atomic mass is 9.78. The molecule has 2 nitrogen and oxygen atoms in total. The van der Waals surface area contributed by atoms with Crippen molar-refractivity contribution in [2.45, 2.75) is 19.3 Å². The van der Waals surface area contributed by atoms with Crippen LogP contribution in [0.15, 0.2) is 120 Å². The highest BCUT2D eigenvalue weighted by atomic mass is 79.9. The van der Waals surface area contributed by atoms with E-state index in [1.165, 1.54) is 33.4 Å². The van der Waals surface area contributed by atoms with Crippen molar-refractivity contribution in [3.05, 3.63) is 131 Å². The molecule has 0 fully saturated rings. The first-order valence-electron chi connectivity index (χ1n) is 11.8. The molecule has 35 heavy (non-hydrogen) atoms. The predicted octanol–water partition coefficient (Wildman–Crippen LogP) is 9.29. The molecular weight excluding hydrogens is 492 g/mol. The monoisotopic (exact) mass is 516 g/mol. The fourth-order valence-electron chi connectivity index (χ4n) is 5.09. The Kier molecular flexibility index (Phi) is 5.31. The molecule has 0 saturated heterocycles. The van der Waals surface area contributed by atoms with Gasteiger partial charge in [0.25, 0.3) is 0 Å². The Morgan fingerprint density at radius 1 is 0.600 bits per heavy atom. The first-order valence-corrected chi connectivity index (χ1v) is 12.6. The van der Waals surface area contributed by atoms with Crippen LogP contribution in [0, 0.1) is 0 Å². The Labute approximate surface area is 215 Å². The van der Waals surface area contributed by atoms with Crippen LogP contribution in [0.1, 0.15) is 25.0 Å². The molecule has 1 aliphatic heterocycles. The molecule has 0 saturated carbocycles. The summed E-state index contributed by atoms with van der Waals surface area (Å²) in [7, 11) is 0. The van der Waals surface area contributed by atoms with E-state index in [1.807, 2.05) is 6.20 Å². The minimum Gasteiger partial charge on any atom is -0.294 e. The van der Waals surface area contributed by atoms with Crippen LogP contribution in [-0.2, 0) is 5.41 Å². The quantitative estimate of drug-likeness (QED) is 0.233. The van der Waals surface area contributed by atoms with E-state index < -0.39 is 0 Å². The zero-order chi connectivity index (χ0) is 24.0. The zero-order valence-corrected chi connectivity index (χ0v) is 21.3. The SMILES string of the molecule is CC(C)(c1ccccc1)c1ccnc(N2c3ccccc3-c3ccccc3-c3ccc(Br)cc32)c1. The molecule has 0 bridgehead atoms. The summed E-state index contributed by atoms with van der Waals surface area (Å²) in [5, 5.41) is 0. The van der Waals surface area contributed by atoms with Gasteiger partial charge in [-0.3, -0.25) is 4.90 Å². The van der Waals surface area contributed by atoms with Crippen molar-refractivity contribution < 1.29 is 0 Å². The molecule has 170 valence electrons. The molecule has 0 amide bonds. The maximum Gasteiger partial charge on any atom is 0.137 e. The third kappa shape index (κ3) is 3.67. The van der Waals surface area contributed by atoms with Gasteiger partial charge >= 0.3 is 0 Å². The highest BCUT2D eigenvalue weighted by molar-refractivity contribution is 9.10. The van der Waals surface area contributed by atoms with Gasteiger partial charge in [-0.05, 0) is 52.6 Å². The Bertz CT molecular complexity index is 1540. The zero-order valence-electron chi connectivity index (χ0n) is 19.7. The molecule has 5 aromatic rings. The molecule has 0 N–H and O–H groups in total. The van der Waals surface area contributed by atoms with Crippen molar-refractivity contribution in [1.82, 2.24) is 4.98 Å². The molecule has 0 spiro atoms. The predicted molar refractivity (Wildman–Crippen MR) is 150 cm³/mol. The van der Waals surface area contributed by atoms with Crippen molar-refractivity contribution in [3.8, 4) is 22.3 Å². The van der Waals surface area contributed by atoms with Gasteiger partial charge < -0.3 is 0 Å². The molecule has 1 aliphatic rings. The second kappa shape index (κ2) is 8.51. The summed E-state index contributed by atoms with van der Waals surface area (Å²) >= 11 is 3.73. The number of para-hydroxylation sites is 1. The summed E-state index contributed by atoms with van der Waals surface area (Å²) < 4.78 is 1.04. The van der Waals surface area contributed by atoms with E-state index in [-0.39, 0.29) is 5.41 Å². The van der Waals surface area contributed by atoms with Gasteiger partial charge in [-0.2, -0.15) is 0 Å². The number of hydrogen-bond acceptors (Lipinski definition) is 2. The number of halogens is 1. The Morgan fingerprint density at radius 2 is 1.23 bits per heavy atom. The van der Waals surface area contributed by atoms with Gasteiger partial charge in [-0.1, -0.05) is 109 Å². The molecule has 0 atom stereocenters. The maximum absolute atomic E-state index is 4.91. The van der Waals surface area contributed by atoms with Crippen molar-refractivity contribution in [2.75, 3.05) is 4.90 Å². The Morgan fingerprint density at radius 3 is 1.97 bits per heavy atom. The van der Waals surface area contributed by atoms with Gasteiger partial charge in [0.15, 0.2) is 0 Å². The van der Waals surface area contributed by atoms with Gasteiger partial charge in [0.05, 0.1) is 11.4 Å². The average molecular weight is 517 g/mol. The van der Waals surface area contributed by atoms with Crippen LogP contribution in [-0.4, -0.2) is 4.98 Å². The van der Waals surface area contributed by atoms with E-state index in [0.29, 0.717) is 0 Å². The normalized spacial score (nSPS) is 12.4. The van der Waals surface area contributed by atoms with E-state index in [9.17, 15) is 0 Å². The van der Waals surface area contributed by atoms with Crippen molar-refractivity contribution in [2.24, 2.45) is 0 Å². The van der Waals surface area contributed by atoms with Crippen LogP contribution in [0.5, 0.6) is 0 Å². The van der Waals surface area contributed by atoms with Gasteiger partial charge in [0, 0.05) is 27.2 Å². The Balaban J connectivity index is 1.61. The topological polar surface area (TPSA) is 16.1 Å². The molecule has 0 radical (unpaired) electrons. The second-order valence-electron chi connectivity index (χ2n) is 9.45. The second-order valence-corrected chi connectivity index (χ2v) is 10.4. The van der Waals surface area contributed by atoms with Crippen molar-refractivity contribution >= 4 is 33.1 Å². The number of aromatic nitrogens is 1. The molecule has 0 unspecified atom stereocenters.